The maximum Gasteiger partial charge on any atom is 0.227 e. The number of carbonyl (C=O) groups excluding carboxylic acids is 1. The van der Waals surface area contributed by atoms with Gasteiger partial charge in [0.05, 0.1) is 12.1 Å². The normalized spacial score (nSPS) is 29.2. The molecule has 0 unspecified atom stereocenters. The number of aromatic nitrogens is 2. The summed E-state index contributed by atoms with van der Waals surface area (Å²) >= 11 is 0. The summed E-state index contributed by atoms with van der Waals surface area (Å²) in [4.78, 5) is 17.9. The Morgan fingerprint density at radius 1 is 1.12 bits per heavy atom. The third kappa shape index (κ3) is 3.60. The molecule has 4 heterocycles. The SMILES string of the molecule is Cn1cc([C@H]2CNC[C@@H]2C(=O)N2CCC(N3CCCCC3)CC2)cn1. The number of nitrogens with zero attached hydrogens (tertiary/aromatic N) is 4. The standard InChI is InChI=1S/C19H31N5O/c1-22-14-15(11-21-22)17-12-20-13-18(17)19(25)24-9-5-16(6-10-24)23-7-3-2-4-8-23/h11,14,16-18,20H,2-10,12-13H2,1H3/t17-,18+/m1/s1. The van der Waals surface area contributed by atoms with Gasteiger partial charge in [-0.1, -0.05) is 6.42 Å². The number of likely N-dealkylation sites (tertiary alicyclic amines) is 2. The van der Waals surface area contributed by atoms with Crippen molar-refractivity contribution in [3.8, 4) is 0 Å². The van der Waals surface area contributed by atoms with Gasteiger partial charge in [0, 0.05) is 51.4 Å². The Balaban J connectivity index is 1.35. The maximum absolute atomic E-state index is 13.1. The van der Waals surface area contributed by atoms with Crippen molar-refractivity contribution in [2.24, 2.45) is 13.0 Å². The van der Waals surface area contributed by atoms with Gasteiger partial charge >= 0.3 is 0 Å². The molecule has 0 aliphatic carbocycles. The van der Waals surface area contributed by atoms with Gasteiger partial charge in [-0.25, -0.2) is 0 Å². The summed E-state index contributed by atoms with van der Waals surface area (Å²) in [7, 11) is 1.94. The highest BCUT2D eigenvalue weighted by Gasteiger charge is 2.38. The Morgan fingerprint density at radius 2 is 1.88 bits per heavy atom. The lowest BCUT2D eigenvalue weighted by Gasteiger charge is -2.41. The summed E-state index contributed by atoms with van der Waals surface area (Å²) in [6.45, 7) is 6.05. The van der Waals surface area contributed by atoms with Crippen molar-refractivity contribution in [2.45, 2.75) is 44.1 Å². The van der Waals surface area contributed by atoms with E-state index < -0.39 is 0 Å². The van der Waals surface area contributed by atoms with Crippen LogP contribution in [0.1, 0.15) is 43.6 Å². The van der Waals surface area contributed by atoms with Crippen LogP contribution in [0.3, 0.4) is 0 Å². The van der Waals surface area contributed by atoms with Crippen molar-refractivity contribution in [1.82, 2.24) is 24.9 Å². The van der Waals surface area contributed by atoms with Crippen molar-refractivity contribution in [3.05, 3.63) is 18.0 Å². The van der Waals surface area contributed by atoms with E-state index in [1.807, 2.05) is 17.9 Å². The Kier molecular flexibility index (Phi) is 5.08. The van der Waals surface area contributed by atoms with Crippen LogP contribution in [0.25, 0.3) is 0 Å². The molecule has 0 radical (unpaired) electrons. The van der Waals surface area contributed by atoms with E-state index in [1.54, 1.807) is 0 Å². The smallest absolute Gasteiger partial charge is 0.227 e. The first-order chi connectivity index (χ1) is 12.2. The van der Waals surface area contributed by atoms with Crippen LogP contribution in [0, 0.1) is 5.92 Å². The molecule has 3 aliphatic heterocycles. The first kappa shape index (κ1) is 17.0. The average molecular weight is 345 g/mol. The number of piperidine rings is 2. The number of amides is 1. The Labute approximate surface area is 150 Å². The van der Waals surface area contributed by atoms with Gasteiger partial charge in [-0.2, -0.15) is 5.10 Å². The summed E-state index contributed by atoms with van der Waals surface area (Å²) in [5.41, 5.74) is 1.19. The van der Waals surface area contributed by atoms with E-state index in [1.165, 1.54) is 37.9 Å². The molecule has 0 aromatic carbocycles. The van der Waals surface area contributed by atoms with E-state index in [0.29, 0.717) is 11.9 Å². The monoisotopic (exact) mass is 345 g/mol. The van der Waals surface area contributed by atoms with Crippen LogP contribution in [0.4, 0.5) is 0 Å². The Hall–Kier alpha value is -1.40. The zero-order valence-corrected chi connectivity index (χ0v) is 15.4. The average Bonchev–Trinajstić information content (AvgIpc) is 3.31. The van der Waals surface area contributed by atoms with Gasteiger partial charge in [-0.05, 0) is 44.3 Å². The van der Waals surface area contributed by atoms with E-state index in [4.69, 9.17) is 0 Å². The molecule has 1 amide bonds. The lowest BCUT2D eigenvalue weighted by atomic mass is 9.89. The van der Waals surface area contributed by atoms with Gasteiger partial charge in [0.15, 0.2) is 0 Å². The molecule has 3 saturated heterocycles. The highest BCUT2D eigenvalue weighted by Crippen LogP contribution is 2.30. The molecule has 2 atom stereocenters. The topological polar surface area (TPSA) is 53.4 Å². The molecule has 6 heteroatoms. The van der Waals surface area contributed by atoms with Crippen molar-refractivity contribution < 1.29 is 4.79 Å². The zero-order valence-electron chi connectivity index (χ0n) is 15.4. The highest BCUT2D eigenvalue weighted by molar-refractivity contribution is 5.80. The predicted octanol–water partition coefficient (Wildman–Crippen LogP) is 1.20. The second-order valence-corrected chi connectivity index (χ2v) is 7.97. The third-order valence-corrected chi connectivity index (χ3v) is 6.37. The molecule has 1 aromatic heterocycles. The molecule has 25 heavy (non-hydrogen) atoms. The molecule has 3 fully saturated rings. The highest BCUT2D eigenvalue weighted by atomic mass is 16.2. The molecule has 1 N–H and O–H groups in total. The van der Waals surface area contributed by atoms with Crippen molar-refractivity contribution in [3.63, 3.8) is 0 Å². The predicted molar refractivity (Wildman–Crippen MR) is 97.3 cm³/mol. The molecule has 0 spiro atoms. The third-order valence-electron chi connectivity index (χ3n) is 6.37. The van der Waals surface area contributed by atoms with Crippen LogP contribution >= 0.6 is 0 Å². The lowest BCUT2D eigenvalue weighted by molar-refractivity contribution is -0.137. The minimum absolute atomic E-state index is 0.0655. The minimum Gasteiger partial charge on any atom is -0.342 e. The molecule has 0 saturated carbocycles. The Bertz CT molecular complexity index is 586. The van der Waals surface area contributed by atoms with E-state index in [2.05, 4.69) is 26.4 Å². The number of hydrogen-bond acceptors (Lipinski definition) is 4. The second kappa shape index (κ2) is 7.46. The molecule has 6 nitrogen and oxygen atoms in total. The number of hydrogen-bond donors (Lipinski definition) is 1. The fourth-order valence-corrected chi connectivity index (χ4v) is 4.89. The fraction of sp³-hybridized carbons (Fsp3) is 0.789. The molecule has 0 bridgehead atoms. The number of aryl methyl sites for hydroxylation is 1. The van der Waals surface area contributed by atoms with Gasteiger partial charge in [0.1, 0.15) is 0 Å². The molecule has 3 aliphatic rings. The first-order valence-electron chi connectivity index (χ1n) is 9.94. The molecule has 138 valence electrons. The minimum atomic E-state index is 0.0655. The van der Waals surface area contributed by atoms with Gasteiger partial charge in [0.2, 0.25) is 5.91 Å². The van der Waals surface area contributed by atoms with Crippen molar-refractivity contribution in [1.29, 1.82) is 0 Å². The van der Waals surface area contributed by atoms with Gasteiger partial charge in [-0.3, -0.25) is 9.48 Å². The van der Waals surface area contributed by atoms with Gasteiger partial charge in [0.25, 0.3) is 0 Å². The summed E-state index contributed by atoms with van der Waals surface area (Å²) in [5.74, 6) is 0.674. The fourth-order valence-electron chi connectivity index (χ4n) is 4.89. The number of nitrogens with one attached hydrogen (secondary N) is 1. The summed E-state index contributed by atoms with van der Waals surface area (Å²) in [6.07, 6.45) is 10.3. The van der Waals surface area contributed by atoms with E-state index in [0.717, 1.165) is 39.0 Å². The van der Waals surface area contributed by atoms with E-state index in [-0.39, 0.29) is 11.8 Å². The first-order valence-corrected chi connectivity index (χ1v) is 9.94. The van der Waals surface area contributed by atoms with Crippen LogP contribution in [-0.2, 0) is 11.8 Å². The van der Waals surface area contributed by atoms with Crippen LogP contribution in [0.5, 0.6) is 0 Å². The van der Waals surface area contributed by atoms with Crippen LogP contribution in [0.15, 0.2) is 12.4 Å². The maximum atomic E-state index is 13.1. The van der Waals surface area contributed by atoms with Crippen LogP contribution in [0.2, 0.25) is 0 Å². The van der Waals surface area contributed by atoms with Crippen LogP contribution < -0.4 is 5.32 Å². The second-order valence-electron chi connectivity index (χ2n) is 7.97. The van der Waals surface area contributed by atoms with Gasteiger partial charge in [-0.15, -0.1) is 0 Å². The molecular weight excluding hydrogens is 314 g/mol. The van der Waals surface area contributed by atoms with Gasteiger partial charge < -0.3 is 15.1 Å². The van der Waals surface area contributed by atoms with Crippen molar-refractivity contribution in [2.75, 3.05) is 39.3 Å². The summed E-state index contributed by atoms with van der Waals surface area (Å²) < 4.78 is 1.83. The lowest BCUT2D eigenvalue weighted by Crippen LogP contribution is -2.50. The number of carbonyl (C=O) groups is 1. The van der Waals surface area contributed by atoms with Crippen molar-refractivity contribution >= 4 is 5.91 Å². The number of rotatable bonds is 3. The molecule has 1 aromatic rings. The van der Waals surface area contributed by atoms with E-state index >= 15 is 0 Å². The quantitative estimate of drug-likeness (QED) is 0.894. The van der Waals surface area contributed by atoms with E-state index in [9.17, 15) is 4.79 Å². The summed E-state index contributed by atoms with van der Waals surface area (Å²) in [6, 6.07) is 0.695. The summed E-state index contributed by atoms with van der Waals surface area (Å²) in [5, 5.41) is 7.71. The Morgan fingerprint density at radius 3 is 2.56 bits per heavy atom. The largest absolute Gasteiger partial charge is 0.342 e. The molecular formula is C19H31N5O. The molecule has 4 rings (SSSR count). The van der Waals surface area contributed by atoms with Crippen LogP contribution in [-0.4, -0.2) is 70.8 Å². The zero-order chi connectivity index (χ0) is 17.2.